The summed E-state index contributed by atoms with van der Waals surface area (Å²) in [6, 6.07) is 0. The zero-order chi connectivity index (χ0) is 10.3. The average Bonchev–Trinajstić information content (AvgIpc) is 2.10. The zero-order valence-electron chi connectivity index (χ0n) is 9.43. The Kier molecular flexibility index (Phi) is 6.59. The second kappa shape index (κ2) is 6.89. The fourth-order valence-corrected chi connectivity index (χ4v) is 1.20. The van der Waals surface area contributed by atoms with Crippen molar-refractivity contribution in [2.45, 2.75) is 26.7 Å². The maximum Gasteiger partial charge on any atom is 0.0955 e. The largest absolute Gasteiger partial charge is 0.359 e. The van der Waals surface area contributed by atoms with Gasteiger partial charge in [-0.25, -0.2) is 0 Å². The number of nitrogens with one attached hydrogen (secondary N) is 1. The van der Waals surface area contributed by atoms with Gasteiger partial charge in [-0.15, -0.1) is 0 Å². The normalized spacial score (nSPS) is 10.5. The standard InChI is InChI=1S/C10H23N3/c1-5-7-13(10(11)6-2)9-8-12(3)4/h11H,5-9H2,1-4H3. The Hall–Kier alpha value is -0.570. The molecule has 0 aliphatic carbocycles. The summed E-state index contributed by atoms with van der Waals surface area (Å²) < 4.78 is 0. The van der Waals surface area contributed by atoms with E-state index in [0.29, 0.717) is 0 Å². The number of hydrogen-bond donors (Lipinski definition) is 1. The van der Waals surface area contributed by atoms with Gasteiger partial charge in [0, 0.05) is 26.1 Å². The molecule has 0 heterocycles. The van der Waals surface area contributed by atoms with Crippen LogP contribution in [0.5, 0.6) is 0 Å². The van der Waals surface area contributed by atoms with Crippen molar-refractivity contribution in [2.75, 3.05) is 33.7 Å². The smallest absolute Gasteiger partial charge is 0.0955 e. The van der Waals surface area contributed by atoms with Gasteiger partial charge in [0.05, 0.1) is 5.84 Å². The Bertz CT molecular complexity index is 143. The van der Waals surface area contributed by atoms with Crippen LogP contribution in [0.3, 0.4) is 0 Å². The van der Waals surface area contributed by atoms with Crippen LogP contribution < -0.4 is 0 Å². The van der Waals surface area contributed by atoms with Gasteiger partial charge >= 0.3 is 0 Å². The van der Waals surface area contributed by atoms with Gasteiger partial charge < -0.3 is 9.80 Å². The summed E-state index contributed by atoms with van der Waals surface area (Å²) in [5.74, 6) is 0.767. The van der Waals surface area contributed by atoms with Crippen LogP contribution in [0.4, 0.5) is 0 Å². The quantitative estimate of drug-likeness (QED) is 0.504. The highest BCUT2D eigenvalue weighted by Crippen LogP contribution is 1.96. The molecule has 0 aromatic rings. The first-order valence-corrected chi connectivity index (χ1v) is 5.08. The second-order valence-electron chi connectivity index (χ2n) is 3.59. The summed E-state index contributed by atoms with van der Waals surface area (Å²) in [7, 11) is 4.14. The lowest BCUT2D eigenvalue weighted by atomic mass is 10.3. The van der Waals surface area contributed by atoms with Gasteiger partial charge in [0.2, 0.25) is 0 Å². The maximum atomic E-state index is 7.75. The number of amidine groups is 1. The van der Waals surface area contributed by atoms with E-state index in [9.17, 15) is 0 Å². The monoisotopic (exact) mass is 185 g/mol. The van der Waals surface area contributed by atoms with E-state index in [1.165, 1.54) is 0 Å². The van der Waals surface area contributed by atoms with Crippen molar-refractivity contribution in [1.82, 2.24) is 9.80 Å². The fourth-order valence-electron chi connectivity index (χ4n) is 1.20. The Labute approximate surface area is 82.2 Å². The van der Waals surface area contributed by atoms with Gasteiger partial charge in [0.25, 0.3) is 0 Å². The van der Waals surface area contributed by atoms with E-state index in [1.807, 2.05) is 6.92 Å². The molecule has 0 atom stereocenters. The van der Waals surface area contributed by atoms with Gasteiger partial charge in [-0.2, -0.15) is 0 Å². The van der Waals surface area contributed by atoms with E-state index in [4.69, 9.17) is 5.41 Å². The van der Waals surface area contributed by atoms with Crippen LogP contribution in [-0.2, 0) is 0 Å². The minimum atomic E-state index is 0.767. The minimum absolute atomic E-state index is 0.767. The molecular formula is C10H23N3. The van der Waals surface area contributed by atoms with Crippen molar-refractivity contribution in [2.24, 2.45) is 0 Å². The molecule has 3 nitrogen and oxygen atoms in total. The summed E-state index contributed by atoms with van der Waals surface area (Å²) in [5.41, 5.74) is 0. The number of hydrogen-bond acceptors (Lipinski definition) is 2. The summed E-state index contributed by atoms with van der Waals surface area (Å²) in [5, 5.41) is 7.75. The van der Waals surface area contributed by atoms with Gasteiger partial charge in [0.15, 0.2) is 0 Å². The molecule has 1 N–H and O–H groups in total. The van der Waals surface area contributed by atoms with Crippen LogP contribution in [0.1, 0.15) is 26.7 Å². The molecule has 0 aromatic carbocycles. The molecule has 0 unspecified atom stereocenters. The molecule has 0 radical (unpaired) electrons. The first kappa shape index (κ1) is 12.4. The van der Waals surface area contributed by atoms with Crippen molar-refractivity contribution >= 4 is 5.84 Å². The molecule has 0 saturated carbocycles. The molecule has 0 saturated heterocycles. The Morgan fingerprint density at radius 2 is 1.69 bits per heavy atom. The molecule has 0 aliphatic rings. The van der Waals surface area contributed by atoms with Crippen LogP contribution in [-0.4, -0.2) is 49.4 Å². The topological polar surface area (TPSA) is 30.3 Å². The van der Waals surface area contributed by atoms with Gasteiger partial charge in [-0.1, -0.05) is 13.8 Å². The Balaban J connectivity index is 3.86. The predicted octanol–water partition coefficient (Wildman–Crippen LogP) is 1.65. The van der Waals surface area contributed by atoms with Crippen molar-refractivity contribution in [3.8, 4) is 0 Å². The zero-order valence-corrected chi connectivity index (χ0v) is 9.43. The lowest BCUT2D eigenvalue weighted by Crippen LogP contribution is -2.36. The molecule has 0 aliphatic heterocycles. The highest BCUT2D eigenvalue weighted by molar-refractivity contribution is 5.78. The second-order valence-corrected chi connectivity index (χ2v) is 3.59. The highest BCUT2D eigenvalue weighted by atomic mass is 15.2. The fraction of sp³-hybridized carbons (Fsp3) is 0.900. The van der Waals surface area contributed by atoms with Crippen molar-refractivity contribution in [3.05, 3.63) is 0 Å². The van der Waals surface area contributed by atoms with Crippen molar-refractivity contribution in [3.63, 3.8) is 0 Å². The van der Waals surface area contributed by atoms with E-state index in [0.717, 1.165) is 38.3 Å². The summed E-state index contributed by atoms with van der Waals surface area (Å²) in [6.45, 7) is 7.22. The van der Waals surface area contributed by atoms with Gasteiger partial charge in [-0.05, 0) is 20.5 Å². The van der Waals surface area contributed by atoms with E-state index in [2.05, 4.69) is 30.8 Å². The lowest BCUT2D eigenvalue weighted by Gasteiger charge is -2.25. The minimum Gasteiger partial charge on any atom is -0.359 e. The van der Waals surface area contributed by atoms with E-state index in [-0.39, 0.29) is 0 Å². The molecule has 0 spiro atoms. The molecule has 0 bridgehead atoms. The number of likely N-dealkylation sites (N-methyl/N-ethyl adjacent to an activating group) is 1. The third-order valence-electron chi connectivity index (χ3n) is 2.03. The molecule has 0 fully saturated rings. The summed E-state index contributed by atoms with van der Waals surface area (Å²) in [6.07, 6.45) is 1.96. The molecule has 0 amide bonds. The molecule has 13 heavy (non-hydrogen) atoms. The number of rotatable bonds is 6. The average molecular weight is 185 g/mol. The summed E-state index contributed by atoms with van der Waals surface area (Å²) in [4.78, 5) is 4.32. The van der Waals surface area contributed by atoms with Crippen LogP contribution in [0.2, 0.25) is 0 Å². The lowest BCUT2D eigenvalue weighted by molar-refractivity contribution is 0.325. The van der Waals surface area contributed by atoms with Crippen molar-refractivity contribution < 1.29 is 0 Å². The van der Waals surface area contributed by atoms with E-state index >= 15 is 0 Å². The van der Waals surface area contributed by atoms with Crippen LogP contribution in [0, 0.1) is 5.41 Å². The first-order chi connectivity index (χ1) is 6.11. The van der Waals surface area contributed by atoms with Crippen LogP contribution in [0.15, 0.2) is 0 Å². The van der Waals surface area contributed by atoms with E-state index < -0.39 is 0 Å². The SMILES string of the molecule is CCCN(CCN(C)C)C(=N)CC. The van der Waals surface area contributed by atoms with Crippen molar-refractivity contribution in [1.29, 1.82) is 5.41 Å². The Morgan fingerprint density at radius 1 is 1.08 bits per heavy atom. The maximum absolute atomic E-state index is 7.75. The molecule has 0 rings (SSSR count). The third-order valence-corrected chi connectivity index (χ3v) is 2.03. The molecular weight excluding hydrogens is 162 g/mol. The Morgan fingerprint density at radius 3 is 2.08 bits per heavy atom. The van der Waals surface area contributed by atoms with Crippen LogP contribution in [0.25, 0.3) is 0 Å². The molecule has 0 aromatic heterocycles. The highest BCUT2D eigenvalue weighted by Gasteiger charge is 2.06. The van der Waals surface area contributed by atoms with Gasteiger partial charge in [0.1, 0.15) is 0 Å². The molecule has 78 valence electrons. The van der Waals surface area contributed by atoms with Crippen LogP contribution >= 0.6 is 0 Å². The van der Waals surface area contributed by atoms with E-state index in [1.54, 1.807) is 0 Å². The molecule has 3 heteroatoms. The predicted molar refractivity (Wildman–Crippen MR) is 58.4 cm³/mol. The van der Waals surface area contributed by atoms with Gasteiger partial charge in [-0.3, -0.25) is 5.41 Å². The summed E-state index contributed by atoms with van der Waals surface area (Å²) >= 11 is 0. The number of nitrogens with zero attached hydrogens (tertiary/aromatic N) is 2. The third kappa shape index (κ3) is 5.64. The first-order valence-electron chi connectivity index (χ1n) is 5.08.